The van der Waals surface area contributed by atoms with Gasteiger partial charge in [0.2, 0.25) is 0 Å². The second kappa shape index (κ2) is 5.49. The molecule has 0 unspecified atom stereocenters. The summed E-state index contributed by atoms with van der Waals surface area (Å²) in [5.74, 6) is -0.913. The van der Waals surface area contributed by atoms with E-state index in [4.69, 9.17) is 4.74 Å². The number of aromatic amines is 1. The van der Waals surface area contributed by atoms with Crippen LogP contribution in [-0.4, -0.2) is 16.9 Å². The molecular weight excluding hydrogens is 311 g/mol. The zero-order chi connectivity index (χ0) is 16.7. The number of benzene rings is 2. The van der Waals surface area contributed by atoms with Gasteiger partial charge in [-0.05, 0) is 48.0 Å². The number of amides is 1. The van der Waals surface area contributed by atoms with Gasteiger partial charge in [0, 0.05) is 23.0 Å². The Morgan fingerprint density at radius 2 is 2.04 bits per heavy atom. The smallest absolute Gasteiger partial charge is 0.338 e. The molecule has 0 spiro atoms. The molecule has 2 heterocycles. The zero-order valence-corrected chi connectivity index (χ0v) is 12.6. The third kappa shape index (κ3) is 2.52. The standard InChI is InChI=1S/C18H13FN2O3/c19-13-2-4-16-11(6-13)7-14(21-16)9-24-18(23)10-1-3-15-12(5-10)8-20-17(15)22/h1-7,21H,8-9H2,(H,20,22). The van der Waals surface area contributed by atoms with Crippen molar-refractivity contribution in [2.75, 3.05) is 0 Å². The molecule has 2 N–H and O–H groups in total. The summed E-state index contributed by atoms with van der Waals surface area (Å²) in [6.07, 6.45) is 0. The Hall–Kier alpha value is -3.15. The monoisotopic (exact) mass is 324 g/mol. The highest BCUT2D eigenvalue weighted by atomic mass is 19.1. The van der Waals surface area contributed by atoms with Crippen molar-refractivity contribution < 1.29 is 18.7 Å². The Morgan fingerprint density at radius 1 is 1.17 bits per heavy atom. The van der Waals surface area contributed by atoms with E-state index >= 15 is 0 Å². The molecule has 4 rings (SSSR count). The number of carbonyl (C=O) groups is 2. The van der Waals surface area contributed by atoms with Crippen LogP contribution in [0.15, 0.2) is 42.5 Å². The van der Waals surface area contributed by atoms with Gasteiger partial charge in [0.05, 0.1) is 11.3 Å². The van der Waals surface area contributed by atoms with E-state index in [1.165, 1.54) is 12.1 Å². The molecule has 3 aromatic rings. The molecule has 1 aromatic heterocycles. The van der Waals surface area contributed by atoms with E-state index in [1.807, 2.05) is 0 Å². The Labute approximate surface area is 136 Å². The molecule has 120 valence electrons. The summed E-state index contributed by atoms with van der Waals surface area (Å²) in [7, 11) is 0. The first-order chi connectivity index (χ1) is 11.6. The fourth-order valence-electron chi connectivity index (χ4n) is 2.83. The molecule has 0 bridgehead atoms. The van der Waals surface area contributed by atoms with Crippen molar-refractivity contribution >= 4 is 22.8 Å². The zero-order valence-electron chi connectivity index (χ0n) is 12.6. The van der Waals surface area contributed by atoms with Crippen molar-refractivity contribution in [3.05, 3.63) is 70.7 Å². The molecule has 2 aromatic carbocycles. The first kappa shape index (κ1) is 14.4. The number of hydrogen-bond acceptors (Lipinski definition) is 3. The van der Waals surface area contributed by atoms with Gasteiger partial charge in [-0.2, -0.15) is 0 Å². The number of rotatable bonds is 3. The minimum absolute atomic E-state index is 0.0589. The molecule has 1 amide bonds. The molecule has 0 aliphatic carbocycles. The number of carbonyl (C=O) groups excluding carboxylic acids is 2. The molecule has 1 aliphatic rings. The Bertz CT molecular complexity index is 978. The quantitative estimate of drug-likeness (QED) is 0.728. The van der Waals surface area contributed by atoms with Crippen LogP contribution in [0.4, 0.5) is 4.39 Å². The molecule has 24 heavy (non-hydrogen) atoms. The van der Waals surface area contributed by atoms with Gasteiger partial charge in [0.25, 0.3) is 5.91 Å². The summed E-state index contributed by atoms with van der Waals surface area (Å²) in [6, 6.07) is 11.0. The first-order valence-electron chi connectivity index (χ1n) is 7.45. The van der Waals surface area contributed by atoms with Crippen LogP contribution in [0.5, 0.6) is 0 Å². The number of nitrogens with one attached hydrogen (secondary N) is 2. The maximum Gasteiger partial charge on any atom is 0.338 e. The highest BCUT2D eigenvalue weighted by Crippen LogP contribution is 2.19. The van der Waals surface area contributed by atoms with Crippen molar-refractivity contribution in [2.24, 2.45) is 0 Å². The minimum Gasteiger partial charge on any atom is -0.456 e. The maximum absolute atomic E-state index is 13.2. The van der Waals surface area contributed by atoms with E-state index in [0.29, 0.717) is 23.4 Å². The first-order valence-corrected chi connectivity index (χ1v) is 7.45. The topological polar surface area (TPSA) is 71.2 Å². The lowest BCUT2D eigenvalue weighted by molar-refractivity contribution is 0.0468. The van der Waals surface area contributed by atoms with Crippen LogP contribution in [0.25, 0.3) is 10.9 Å². The highest BCUT2D eigenvalue weighted by Gasteiger charge is 2.20. The number of hydrogen-bond donors (Lipinski definition) is 2. The predicted molar refractivity (Wildman–Crippen MR) is 85.0 cm³/mol. The maximum atomic E-state index is 13.2. The minimum atomic E-state index is -0.470. The van der Waals surface area contributed by atoms with E-state index in [-0.39, 0.29) is 18.3 Å². The molecule has 0 atom stereocenters. The lowest BCUT2D eigenvalue weighted by Gasteiger charge is -2.05. The van der Waals surface area contributed by atoms with Crippen LogP contribution in [0.3, 0.4) is 0 Å². The Kier molecular flexibility index (Phi) is 3.30. The molecule has 6 heteroatoms. The fraction of sp³-hybridized carbons (Fsp3) is 0.111. The van der Waals surface area contributed by atoms with Gasteiger partial charge < -0.3 is 15.0 Å². The molecule has 0 radical (unpaired) electrons. The van der Waals surface area contributed by atoms with Gasteiger partial charge in [-0.15, -0.1) is 0 Å². The average Bonchev–Trinajstić information content (AvgIpc) is 3.15. The van der Waals surface area contributed by atoms with E-state index in [0.717, 1.165) is 16.5 Å². The van der Waals surface area contributed by atoms with Crippen molar-refractivity contribution in [3.63, 3.8) is 0 Å². The summed E-state index contributed by atoms with van der Waals surface area (Å²) in [5, 5.41) is 3.43. The number of fused-ring (bicyclic) bond motifs is 2. The molecule has 1 aliphatic heterocycles. The number of H-pyrrole nitrogens is 1. The van der Waals surface area contributed by atoms with Crippen LogP contribution >= 0.6 is 0 Å². The number of aromatic nitrogens is 1. The average molecular weight is 324 g/mol. The van der Waals surface area contributed by atoms with Crippen molar-refractivity contribution in [2.45, 2.75) is 13.2 Å². The number of ether oxygens (including phenoxy) is 1. The second-order valence-electron chi connectivity index (χ2n) is 5.66. The normalized spacial score (nSPS) is 13.0. The summed E-state index contributed by atoms with van der Waals surface area (Å²) in [4.78, 5) is 26.8. The van der Waals surface area contributed by atoms with E-state index < -0.39 is 5.97 Å². The lowest BCUT2D eigenvalue weighted by Crippen LogP contribution is -2.12. The lowest BCUT2D eigenvalue weighted by atomic mass is 10.1. The van der Waals surface area contributed by atoms with Crippen LogP contribution < -0.4 is 5.32 Å². The van der Waals surface area contributed by atoms with Gasteiger partial charge in [-0.3, -0.25) is 4.79 Å². The second-order valence-corrected chi connectivity index (χ2v) is 5.66. The third-order valence-corrected chi connectivity index (χ3v) is 4.02. The van der Waals surface area contributed by atoms with Gasteiger partial charge in [-0.1, -0.05) is 0 Å². The molecule has 5 nitrogen and oxygen atoms in total. The SMILES string of the molecule is O=C(OCc1cc2cc(F)ccc2[nH]1)c1ccc2c(c1)CNC2=O. The summed E-state index contributed by atoms with van der Waals surface area (Å²) in [6.45, 7) is 0.478. The summed E-state index contributed by atoms with van der Waals surface area (Å²) < 4.78 is 18.5. The van der Waals surface area contributed by atoms with E-state index in [9.17, 15) is 14.0 Å². The molecule has 0 fully saturated rings. The molecular formula is C18H13FN2O3. The van der Waals surface area contributed by atoms with Gasteiger partial charge >= 0.3 is 5.97 Å². The summed E-state index contributed by atoms with van der Waals surface area (Å²) in [5.41, 5.74) is 3.23. The van der Waals surface area contributed by atoms with Crippen molar-refractivity contribution in [1.29, 1.82) is 0 Å². The Balaban J connectivity index is 1.49. The van der Waals surface area contributed by atoms with E-state index in [2.05, 4.69) is 10.3 Å². The fourth-order valence-corrected chi connectivity index (χ4v) is 2.83. The van der Waals surface area contributed by atoms with Gasteiger partial charge in [-0.25, -0.2) is 9.18 Å². The number of halogens is 1. The van der Waals surface area contributed by atoms with Crippen molar-refractivity contribution in [3.8, 4) is 0 Å². The Morgan fingerprint density at radius 3 is 2.92 bits per heavy atom. The summed E-state index contributed by atoms with van der Waals surface area (Å²) >= 11 is 0. The predicted octanol–water partition coefficient (Wildman–Crippen LogP) is 2.91. The molecule has 0 saturated heterocycles. The van der Waals surface area contributed by atoms with Gasteiger partial charge in [0.1, 0.15) is 12.4 Å². The van der Waals surface area contributed by atoms with E-state index in [1.54, 1.807) is 30.3 Å². The van der Waals surface area contributed by atoms with Crippen LogP contribution in [0, 0.1) is 5.82 Å². The van der Waals surface area contributed by atoms with Crippen LogP contribution in [0.2, 0.25) is 0 Å². The van der Waals surface area contributed by atoms with Crippen LogP contribution in [0.1, 0.15) is 32.0 Å². The largest absolute Gasteiger partial charge is 0.456 e. The van der Waals surface area contributed by atoms with Gasteiger partial charge in [0.15, 0.2) is 0 Å². The number of esters is 1. The van der Waals surface area contributed by atoms with Crippen molar-refractivity contribution in [1.82, 2.24) is 10.3 Å². The highest BCUT2D eigenvalue weighted by molar-refractivity contribution is 6.00. The molecule has 0 saturated carbocycles. The third-order valence-electron chi connectivity index (χ3n) is 4.02. The van der Waals surface area contributed by atoms with Crippen LogP contribution in [-0.2, 0) is 17.9 Å².